The topological polar surface area (TPSA) is 67.4 Å². The fourth-order valence-corrected chi connectivity index (χ4v) is 2.93. The van der Waals surface area contributed by atoms with Gasteiger partial charge in [-0.1, -0.05) is 23.8 Å². The molecular formula is C21H26N2O3. The Labute approximate surface area is 154 Å². The van der Waals surface area contributed by atoms with Crippen molar-refractivity contribution < 1.29 is 14.3 Å². The molecule has 1 atom stereocenters. The molecule has 0 aliphatic heterocycles. The van der Waals surface area contributed by atoms with Crippen molar-refractivity contribution in [3.63, 3.8) is 0 Å². The maximum absolute atomic E-state index is 12.6. The summed E-state index contributed by atoms with van der Waals surface area (Å²) in [7, 11) is 1.34. The Bertz CT molecular complexity index is 820. The van der Waals surface area contributed by atoms with Gasteiger partial charge in [0.25, 0.3) is 0 Å². The Kier molecular flexibility index (Phi) is 6.03. The molecule has 1 amide bonds. The minimum absolute atomic E-state index is 0.136. The third-order valence-corrected chi connectivity index (χ3v) is 4.35. The second-order valence-corrected chi connectivity index (χ2v) is 6.65. The van der Waals surface area contributed by atoms with E-state index in [0.717, 1.165) is 28.1 Å². The molecule has 26 heavy (non-hydrogen) atoms. The highest BCUT2D eigenvalue weighted by molar-refractivity contribution is 5.98. The minimum Gasteiger partial charge on any atom is -0.465 e. The van der Waals surface area contributed by atoms with E-state index in [4.69, 9.17) is 4.74 Å². The van der Waals surface area contributed by atoms with Gasteiger partial charge >= 0.3 is 5.97 Å². The molecule has 2 aromatic carbocycles. The van der Waals surface area contributed by atoms with E-state index in [0.29, 0.717) is 5.56 Å². The number of esters is 1. The monoisotopic (exact) mass is 354 g/mol. The predicted molar refractivity (Wildman–Crippen MR) is 105 cm³/mol. The van der Waals surface area contributed by atoms with Crippen LogP contribution in [-0.4, -0.2) is 25.0 Å². The number of rotatable bonds is 5. The lowest BCUT2D eigenvalue weighted by atomic mass is 10.0. The SMILES string of the molecule is COC(=O)c1ccc(C)c(N[C@H](C)C(=O)Nc2c(C)cc(C)cc2C)c1. The van der Waals surface area contributed by atoms with Gasteiger partial charge in [-0.05, 0) is 63.4 Å². The zero-order valence-electron chi connectivity index (χ0n) is 16.2. The van der Waals surface area contributed by atoms with Gasteiger partial charge in [0.05, 0.1) is 12.7 Å². The molecule has 0 spiro atoms. The molecule has 138 valence electrons. The molecule has 2 aromatic rings. The van der Waals surface area contributed by atoms with E-state index in [2.05, 4.69) is 10.6 Å². The van der Waals surface area contributed by atoms with Crippen molar-refractivity contribution in [2.45, 2.75) is 40.7 Å². The third-order valence-electron chi connectivity index (χ3n) is 4.35. The van der Waals surface area contributed by atoms with Gasteiger partial charge in [-0.15, -0.1) is 0 Å². The summed E-state index contributed by atoms with van der Waals surface area (Å²) in [4.78, 5) is 24.3. The first-order valence-corrected chi connectivity index (χ1v) is 8.57. The average molecular weight is 354 g/mol. The summed E-state index contributed by atoms with van der Waals surface area (Å²) < 4.78 is 4.75. The molecule has 5 heteroatoms. The molecule has 0 aliphatic carbocycles. The van der Waals surface area contributed by atoms with Crippen molar-refractivity contribution in [2.75, 3.05) is 17.7 Å². The van der Waals surface area contributed by atoms with Gasteiger partial charge in [0.15, 0.2) is 0 Å². The number of carbonyl (C=O) groups excluding carboxylic acids is 2. The van der Waals surface area contributed by atoms with Crippen LogP contribution < -0.4 is 10.6 Å². The third kappa shape index (κ3) is 4.42. The summed E-state index contributed by atoms with van der Waals surface area (Å²) in [6.07, 6.45) is 0. The van der Waals surface area contributed by atoms with Crippen molar-refractivity contribution in [1.82, 2.24) is 0 Å². The standard InChI is InChI=1S/C21H26N2O3/c1-12-9-14(3)19(15(4)10-12)23-20(24)16(5)22-18-11-17(21(25)26-6)8-7-13(18)2/h7-11,16,22H,1-6H3,(H,23,24)/t16-/m1/s1. The maximum Gasteiger partial charge on any atom is 0.337 e. The van der Waals surface area contributed by atoms with Gasteiger partial charge in [-0.25, -0.2) is 4.79 Å². The van der Waals surface area contributed by atoms with Crippen LogP contribution in [0.1, 0.15) is 39.5 Å². The molecule has 0 unspecified atom stereocenters. The van der Waals surface area contributed by atoms with Gasteiger partial charge < -0.3 is 15.4 Å². The largest absolute Gasteiger partial charge is 0.465 e. The summed E-state index contributed by atoms with van der Waals surface area (Å²) in [5, 5.41) is 6.18. The first-order valence-electron chi connectivity index (χ1n) is 8.57. The van der Waals surface area contributed by atoms with E-state index in [-0.39, 0.29) is 5.91 Å². The molecule has 2 rings (SSSR count). The van der Waals surface area contributed by atoms with Crippen LogP contribution in [0.5, 0.6) is 0 Å². The van der Waals surface area contributed by atoms with E-state index in [1.54, 1.807) is 19.1 Å². The summed E-state index contributed by atoms with van der Waals surface area (Å²) in [6.45, 7) is 9.71. The van der Waals surface area contributed by atoms with E-state index < -0.39 is 12.0 Å². The second-order valence-electron chi connectivity index (χ2n) is 6.65. The van der Waals surface area contributed by atoms with Crippen LogP contribution in [-0.2, 0) is 9.53 Å². The first-order chi connectivity index (χ1) is 12.2. The normalized spacial score (nSPS) is 11.6. The van der Waals surface area contributed by atoms with Crippen molar-refractivity contribution in [3.8, 4) is 0 Å². The van der Waals surface area contributed by atoms with Crippen molar-refractivity contribution >= 4 is 23.3 Å². The Morgan fingerprint density at radius 1 is 0.962 bits per heavy atom. The van der Waals surface area contributed by atoms with Gasteiger partial charge in [0, 0.05) is 11.4 Å². The summed E-state index contributed by atoms with van der Waals surface area (Å²) in [5.74, 6) is -0.543. The fraction of sp³-hybridized carbons (Fsp3) is 0.333. The Balaban J connectivity index is 2.16. The Morgan fingerprint density at radius 2 is 1.58 bits per heavy atom. The van der Waals surface area contributed by atoms with Crippen LogP contribution in [0.3, 0.4) is 0 Å². The molecule has 0 bridgehead atoms. The maximum atomic E-state index is 12.6. The Morgan fingerprint density at radius 3 is 2.15 bits per heavy atom. The summed E-state index contributed by atoms with van der Waals surface area (Å²) >= 11 is 0. The van der Waals surface area contributed by atoms with Crippen LogP contribution >= 0.6 is 0 Å². The summed E-state index contributed by atoms with van der Waals surface area (Å²) in [5.41, 5.74) is 6.19. The molecular weight excluding hydrogens is 328 g/mol. The molecule has 0 aliphatic rings. The number of hydrogen-bond acceptors (Lipinski definition) is 4. The highest BCUT2D eigenvalue weighted by atomic mass is 16.5. The predicted octanol–water partition coefficient (Wildman–Crippen LogP) is 4.15. The zero-order valence-corrected chi connectivity index (χ0v) is 16.2. The number of nitrogens with one attached hydrogen (secondary N) is 2. The van der Waals surface area contributed by atoms with Crippen molar-refractivity contribution in [2.24, 2.45) is 0 Å². The van der Waals surface area contributed by atoms with E-state index in [1.807, 2.05) is 45.9 Å². The second kappa shape index (κ2) is 8.04. The van der Waals surface area contributed by atoms with Gasteiger partial charge in [-0.3, -0.25) is 4.79 Å². The average Bonchev–Trinajstić information content (AvgIpc) is 2.58. The molecule has 0 saturated heterocycles. The van der Waals surface area contributed by atoms with Crippen LogP contribution in [0.15, 0.2) is 30.3 Å². The number of methoxy groups -OCH3 is 1. The molecule has 2 N–H and O–H groups in total. The van der Waals surface area contributed by atoms with Crippen LogP contribution in [0.2, 0.25) is 0 Å². The number of hydrogen-bond donors (Lipinski definition) is 2. The number of amides is 1. The molecule has 0 heterocycles. The lowest BCUT2D eigenvalue weighted by Gasteiger charge is -2.19. The van der Waals surface area contributed by atoms with E-state index in [9.17, 15) is 9.59 Å². The molecule has 0 radical (unpaired) electrons. The number of benzene rings is 2. The fourth-order valence-electron chi connectivity index (χ4n) is 2.93. The quantitative estimate of drug-likeness (QED) is 0.792. The lowest BCUT2D eigenvalue weighted by Crippen LogP contribution is -2.32. The summed E-state index contributed by atoms with van der Waals surface area (Å²) in [6, 6.07) is 8.86. The number of carbonyl (C=O) groups is 2. The molecule has 0 saturated carbocycles. The van der Waals surface area contributed by atoms with E-state index >= 15 is 0 Å². The lowest BCUT2D eigenvalue weighted by molar-refractivity contribution is -0.116. The van der Waals surface area contributed by atoms with Crippen LogP contribution in [0.4, 0.5) is 11.4 Å². The van der Waals surface area contributed by atoms with Gasteiger partial charge in [-0.2, -0.15) is 0 Å². The number of aryl methyl sites for hydroxylation is 4. The van der Waals surface area contributed by atoms with E-state index in [1.165, 1.54) is 12.7 Å². The van der Waals surface area contributed by atoms with Crippen molar-refractivity contribution in [1.29, 1.82) is 0 Å². The van der Waals surface area contributed by atoms with Gasteiger partial charge in [0.2, 0.25) is 5.91 Å². The number of ether oxygens (including phenoxy) is 1. The molecule has 5 nitrogen and oxygen atoms in total. The number of anilines is 2. The highest BCUT2D eigenvalue weighted by Gasteiger charge is 2.17. The first kappa shape index (κ1) is 19.5. The minimum atomic E-state index is -0.471. The van der Waals surface area contributed by atoms with Crippen LogP contribution in [0, 0.1) is 27.7 Å². The molecule has 0 aromatic heterocycles. The van der Waals surface area contributed by atoms with Crippen molar-refractivity contribution in [3.05, 3.63) is 58.1 Å². The molecule has 0 fully saturated rings. The highest BCUT2D eigenvalue weighted by Crippen LogP contribution is 2.23. The van der Waals surface area contributed by atoms with Gasteiger partial charge in [0.1, 0.15) is 6.04 Å². The Hall–Kier alpha value is -2.82. The van der Waals surface area contributed by atoms with Crippen LogP contribution in [0.25, 0.3) is 0 Å². The zero-order chi connectivity index (χ0) is 19.4. The smallest absolute Gasteiger partial charge is 0.337 e.